The van der Waals surface area contributed by atoms with Gasteiger partial charge in [0, 0.05) is 17.4 Å². The van der Waals surface area contributed by atoms with Crippen LogP contribution < -0.4 is 5.73 Å². The first kappa shape index (κ1) is 12.9. The molecule has 1 aromatic rings. The number of Topliss-reactive ketones (excluding diaryl/α,β-unsaturated/α-hetero) is 1. The van der Waals surface area contributed by atoms with Crippen LogP contribution in [0, 0.1) is 11.3 Å². The molecule has 0 saturated heterocycles. The first-order valence-electron chi connectivity index (χ1n) is 5.69. The highest BCUT2D eigenvalue weighted by molar-refractivity contribution is 5.86. The minimum absolute atomic E-state index is 0.151. The molecule has 0 radical (unpaired) electrons. The van der Waals surface area contributed by atoms with Gasteiger partial charge in [0.05, 0.1) is 0 Å². The summed E-state index contributed by atoms with van der Waals surface area (Å²) in [5, 5.41) is 0. The molecule has 0 amide bonds. The highest BCUT2D eigenvalue weighted by Gasteiger charge is 2.30. The van der Waals surface area contributed by atoms with Crippen molar-refractivity contribution >= 4 is 5.78 Å². The van der Waals surface area contributed by atoms with Gasteiger partial charge in [-0.15, -0.1) is 0 Å². The lowest BCUT2D eigenvalue weighted by atomic mass is 9.79. The van der Waals surface area contributed by atoms with Crippen molar-refractivity contribution in [2.24, 2.45) is 17.1 Å². The lowest BCUT2D eigenvalue weighted by molar-refractivity contribution is -0.130. The van der Waals surface area contributed by atoms with Crippen LogP contribution in [0.3, 0.4) is 0 Å². The first-order chi connectivity index (χ1) is 7.34. The van der Waals surface area contributed by atoms with Crippen molar-refractivity contribution in [3.63, 3.8) is 0 Å². The van der Waals surface area contributed by atoms with Crippen molar-refractivity contribution in [1.82, 2.24) is 0 Å². The number of hydrogen-bond donors (Lipinski definition) is 1. The Labute approximate surface area is 97.9 Å². The van der Waals surface area contributed by atoms with Crippen LogP contribution in [0.5, 0.6) is 0 Å². The summed E-state index contributed by atoms with van der Waals surface area (Å²) in [6.45, 7) is 7.71. The van der Waals surface area contributed by atoms with Gasteiger partial charge in [-0.25, -0.2) is 0 Å². The number of hydrogen-bond acceptors (Lipinski definition) is 2. The van der Waals surface area contributed by atoms with Gasteiger partial charge in [-0.3, -0.25) is 4.79 Å². The van der Waals surface area contributed by atoms with Crippen LogP contribution >= 0.6 is 0 Å². The third kappa shape index (κ3) is 2.92. The molecule has 0 aliphatic carbocycles. The Hall–Kier alpha value is -1.15. The average molecular weight is 219 g/mol. The molecule has 0 saturated carbocycles. The van der Waals surface area contributed by atoms with E-state index in [1.165, 1.54) is 0 Å². The third-order valence-corrected chi connectivity index (χ3v) is 2.88. The molecule has 0 spiro atoms. The van der Waals surface area contributed by atoms with Crippen LogP contribution in [0.25, 0.3) is 0 Å². The van der Waals surface area contributed by atoms with Crippen molar-refractivity contribution in [3.05, 3.63) is 35.9 Å². The van der Waals surface area contributed by atoms with E-state index in [2.05, 4.69) is 0 Å². The van der Waals surface area contributed by atoms with E-state index in [1.807, 2.05) is 58.0 Å². The predicted molar refractivity (Wildman–Crippen MR) is 67.0 cm³/mol. The van der Waals surface area contributed by atoms with Crippen LogP contribution in [0.1, 0.15) is 39.3 Å². The molecule has 0 bridgehead atoms. The minimum Gasteiger partial charge on any atom is -0.323 e. The van der Waals surface area contributed by atoms with Crippen LogP contribution in [-0.2, 0) is 4.79 Å². The number of nitrogens with two attached hydrogens (primary N) is 1. The summed E-state index contributed by atoms with van der Waals surface area (Å²) in [5.41, 5.74) is 6.81. The van der Waals surface area contributed by atoms with Gasteiger partial charge in [0.25, 0.3) is 0 Å². The summed E-state index contributed by atoms with van der Waals surface area (Å²) in [7, 11) is 0. The fourth-order valence-corrected chi connectivity index (χ4v) is 1.81. The van der Waals surface area contributed by atoms with E-state index in [4.69, 9.17) is 5.73 Å². The number of carbonyl (C=O) groups is 1. The van der Waals surface area contributed by atoms with E-state index in [-0.39, 0.29) is 23.2 Å². The van der Waals surface area contributed by atoms with Gasteiger partial charge >= 0.3 is 0 Å². The largest absolute Gasteiger partial charge is 0.323 e. The van der Waals surface area contributed by atoms with Gasteiger partial charge in [-0.2, -0.15) is 0 Å². The molecule has 1 rings (SSSR count). The molecule has 1 aromatic carbocycles. The predicted octanol–water partition coefficient (Wildman–Crippen LogP) is 2.94. The number of benzene rings is 1. The van der Waals surface area contributed by atoms with E-state index in [0.29, 0.717) is 0 Å². The van der Waals surface area contributed by atoms with Gasteiger partial charge < -0.3 is 5.73 Å². The van der Waals surface area contributed by atoms with Crippen molar-refractivity contribution in [2.45, 2.75) is 33.7 Å². The van der Waals surface area contributed by atoms with Gasteiger partial charge in [0.2, 0.25) is 0 Å². The molecule has 2 heteroatoms. The average Bonchev–Trinajstić information content (AvgIpc) is 2.26. The zero-order chi connectivity index (χ0) is 12.3. The Morgan fingerprint density at radius 1 is 1.19 bits per heavy atom. The van der Waals surface area contributed by atoms with Crippen molar-refractivity contribution in [2.75, 3.05) is 0 Å². The zero-order valence-electron chi connectivity index (χ0n) is 10.5. The second-order valence-electron chi connectivity index (χ2n) is 5.34. The molecule has 16 heavy (non-hydrogen) atoms. The fourth-order valence-electron chi connectivity index (χ4n) is 1.81. The quantitative estimate of drug-likeness (QED) is 0.849. The maximum atomic E-state index is 12.1. The summed E-state index contributed by atoms with van der Waals surface area (Å²) >= 11 is 0. The molecular formula is C14H21NO. The van der Waals surface area contributed by atoms with Crippen LogP contribution in [0.4, 0.5) is 0 Å². The topological polar surface area (TPSA) is 43.1 Å². The van der Waals surface area contributed by atoms with E-state index in [9.17, 15) is 4.79 Å². The molecular weight excluding hydrogens is 198 g/mol. The molecule has 2 N–H and O–H groups in total. The molecule has 88 valence electrons. The van der Waals surface area contributed by atoms with E-state index < -0.39 is 0 Å². The summed E-state index contributed by atoms with van der Waals surface area (Å²) in [6.07, 6.45) is 0. The lowest BCUT2D eigenvalue weighted by Crippen LogP contribution is -2.33. The smallest absolute Gasteiger partial charge is 0.142 e. The normalized spacial score (nSPS) is 15.6. The Kier molecular flexibility index (Phi) is 3.87. The van der Waals surface area contributed by atoms with E-state index in [0.717, 1.165) is 5.56 Å². The highest BCUT2D eigenvalue weighted by atomic mass is 16.1. The zero-order valence-corrected chi connectivity index (χ0v) is 10.5. The van der Waals surface area contributed by atoms with E-state index in [1.54, 1.807) is 0 Å². The number of ketones is 1. The van der Waals surface area contributed by atoms with Crippen LogP contribution in [-0.4, -0.2) is 5.78 Å². The van der Waals surface area contributed by atoms with Gasteiger partial charge in [-0.1, -0.05) is 58.0 Å². The molecule has 2 unspecified atom stereocenters. The first-order valence-corrected chi connectivity index (χ1v) is 5.69. The summed E-state index contributed by atoms with van der Waals surface area (Å²) < 4.78 is 0. The Morgan fingerprint density at radius 2 is 1.69 bits per heavy atom. The maximum Gasteiger partial charge on any atom is 0.142 e. The summed E-state index contributed by atoms with van der Waals surface area (Å²) in [6, 6.07) is 9.57. The Balaban J connectivity index is 2.83. The molecule has 2 atom stereocenters. The SMILES string of the molecule is CC(C(=O)C(C)(C)C)C(N)c1ccccc1. The number of rotatable bonds is 3. The second kappa shape index (κ2) is 4.79. The molecule has 0 fully saturated rings. The molecule has 0 aliphatic rings. The van der Waals surface area contributed by atoms with Crippen molar-refractivity contribution in [3.8, 4) is 0 Å². The molecule has 2 nitrogen and oxygen atoms in total. The van der Waals surface area contributed by atoms with Gasteiger partial charge in [-0.05, 0) is 5.56 Å². The molecule has 0 heterocycles. The van der Waals surface area contributed by atoms with E-state index >= 15 is 0 Å². The van der Waals surface area contributed by atoms with Gasteiger partial charge in [0.1, 0.15) is 5.78 Å². The van der Waals surface area contributed by atoms with Crippen LogP contribution in [0.15, 0.2) is 30.3 Å². The number of carbonyl (C=O) groups excluding carboxylic acids is 1. The molecule has 0 aliphatic heterocycles. The Bertz CT molecular complexity index is 351. The summed E-state index contributed by atoms with van der Waals surface area (Å²) in [5.74, 6) is 0.0613. The third-order valence-electron chi connectivity index (χ3n) is 2.88. The molecule has 0 aromatic heterocycles. The Morgan fingerprint density at radius 3 is 2.12 bits per heavy atom. The monoisotopic (exact) mass is 219 g/mol. The highest BCUT2D eigenvalue weighted by Crippen LogP contribution is 2.27. The van der Waals surface area contributed by atoms with Crippen molar-refractivity contribution < 1.29 is 4.79 Å². The van der Waals surface area contributed by atoms with Crippen molar-refractivity contribution in [1.29, 1.82) is 0 Å². The minimum atomic E-state index is -0.328. The van der Waals surface area contributed by atoms with Gasteiger partial charge in [0.15, 0.2) is 0 Å². The van der Waals surface area contributed by atoms with Crippen LogP contribution in [0.2, 0.25) is 0 Å². The lowest BCUT2D eigenvalue weighted by Gasteiger charge is -2.26. The summed E-state index contributed by atoms with van der Waals surface area (Å²) in [4.78, 5) is 12.1. The maximum absolute atomic E-state index is 12.1. The fraction of sp³-hybridized carbons (Fsp3) is 0.500. The standard InChI is InChI=1S/C14H21NO/c1-10(13(16)14(2,3)4)12(15)11-8-6-5-7-9-11/h5-10,12H,15H2,1-4H3. The second-order valence-corrected chi connectivity index (χ2v) is 5.34.